The van der Waals surface area contributed by atoms with Crippen LogP contribution in [0.1, 0.15) is 29.6 Å². The largest absolute Gasteiger partial charge is 0.440 e. The number of aryl methyl sites for hydroxylation is 1. The Morgan fingerprint density at radius 2 is 2.41 bits per heavy atom. The topological polar surface area (TPSA) is 70.9 Å². The first-order chi connectivity index (χ1) is 8.19. The minimum Gasteiger partial charge on any atom is -0.440 e. The van der Waals surface area contributed by atoms with Crippen molar-refractivity contribution >= 4 is 23.3 Å². The van der Waals surface area contributed by atoms with Gasteiger partial charge >= 0.3 is 0 Å². The fourth-order valence-corrected chi connectivity index (χ4v) is 1.58. The lowest BCUT2D eigenvalue weighted by Gasteiger charge is -1.96. The highest BCUT2D eigenvalue weighted by atomic mass is 35.5. The van der Waals surface area contributed by atoms with Crippen molar-refractivity contribution in [2.75, 3.05) is 5.32 Å². The average molecular weight is 254 g/mol. The van der Waals surface area contributed by atoms with Gasteiger partial charge in [0.05, 0.1) is 0 Å². The monoisotopic (exact) mass is 253 g/mol. The molecule has 0 fully saturated rings. The predicted molar refractivity (Wildman–Crippen MR) is 64.3 cm³/mol. The Hall–Kier alpha value is -1.75. The summed E-state index contributed by atoms with van der Waals surface area (Å²) in [7, 11) is 0. The van der Waals surface area contributed by atoms with E-state index >= 15 is 0 Å². The van der Waals surface area contributed by atoms with Crippen LogP contribution < -0.4 is 5.32 Å². The molecule has 90 valence electrons. The maximum atomic E-state index is 11.7. The molecular weight excluding hydrogens is 242 g/mol. The lowest BCUT2D eigenvalue weighted by atomic mass is 10.2. The number of hydrogen-bond donors (Lipinski definition) is 2. The van der Waals surface area contributed by atoms with Crippen molar-refractivity contribution in [2.24, 2.45) is 0 Å². The van der Waals surface area contributed by atoms with Crippen molar-refractivity contribution in [1.29, 1.82) is 0 Å². The molecule has 0 saturated heterocycles. The van der Waals surface area contributed by atoms with Gasteiger partial charge in [0.2, 0.25) is 0 Å². The molecular formula is C11H12ClN3O2. The summed E-state index contributed by atoms with van der Waals surface area (Å²) >= 11 is 5.58. The number of H-pyrrole nitrogens is 1. The average Bonchev–Trinajstić information content (AvgIpc) is 2.88. The predicted octanol–water partition coefficient (Wildman–Crippen LogP) is 2.86. The van der Waals surface area contributed by atoms with Crippen molar-refractivity contribution in [3.8, 4) is 0 Å². The molecule has 0 saturated carbocycles. The maximum absolute atomic E-state index is 11.7. The molecule has 0 aliphatic heterocycles. The van der Waals surface area contributed by atoms with E-state index in [9.17, 15) is 4.79 Å². The van der Waals surface area contributed by atoms with Crippen LogP contribution in [0.15, 0.2) is 22.6 Å². The van der Waals surface area contributed by atoms with Crippen LogP contribution in [-0.2, 0) is 6.42 Å². The number of amides is 1. The Morgan fingerprint density at radius 1 is 1.59 bits per heavy atom. The number of carbonyl (C=O) groups is 1. The summed E-state index contributed by atoms with van der Waals surface area (Å²) in [6.45, 7) is 2.07. The number of halogens is 1. The molecule has 2 aromatic heterocycles. The van der Waals surface area contributed by atoms with Gasteiger partial charge in [0.1, 0.15) is 0 Å². The minimum atomic E-state index is -0.369. The van der Waals surface area contributed by atoms with Crippen molar-refractivity contribution in [1.82, 2.24) is 10.2 Å². The van der Waals surface area contributed by atoms with Crippen LogP contribution >= 0.6 is 11.6 Å². The molecule has 0 aliphatic carbocycles. The second kappa shape index (κ2) is 5.05. The molecule has 0 aliphatic rings. The van der Waals surface area contributed by atoms with E-state index in [-0.39, 0.29) is 16.9 Å². The number of nitrogens with zero attached hydrogens (tertiary/aromatic N) is 1. The minimum absolute atomic E-state index is 0.162. The van der Waals surface area contributed by atoms with Crippen molar-refractivity contribution in [2.45, 2.75) is 19.8 Å². The third kappa shape index (κ3) is 2.88. The lowest BCUT2D eigenvalue weighted by Crippen LogP contribution is -2.10. The van der Waals surface area contributed by atoms with Crippen LogP contribution in [0.4, 0.5) is 5.82 Å². The van der Waals surface area contributed by atoms with E-state index in [2.05, 4.69) is 22.4 Å². The van der Waals surface area contributed by atoms with Crippen LogP contribution in [0.3, 0.4) is 0 Å². The van der Waals surface area contributed by atoms with Crippen molar-refractivity contribution in [3.05, 3.63) is 34.9 Å². The highest BCUT2D eigenvalue weighted by Gasteiger charge is 2.12. The number of nitrogens with one attached hydrogen (secondary N) is 2. The third-order valence-electron chi connectivity index (χ3n) is 2.19. The summed E-state index contributed by atoms with van der Waals surface area (Å²) in [5.74, 6) is 0.271. The maximum Gasteiger partial charge on any atom is 0.292 e. The SMILES string of the molecule is CCCc1cc(NC(=O)c2ccc(Cl)o2)n[nH]1. The summed E-state index contributed by atoms with van der Waals surface area (Å²) in [4.78, 5) is 11.7. The van der Waals surface area contributed by atoms with Gasteiger partial charge in [-0.3, -0.25) is 9.89 Å². The van der Waals surface area contributed by atoms with E-state index in [4.69, 9.17) is 16.0 Å². The lowest BCUT2D eigenvalue weighted by molar-refractivity contribution is 0.0996. The molecule has 2 rings (SSSR count). The molecule has 2 N–H and O–H groups in total. The standard InChI is InChI=1S/C11H12ClN3O2/c1-2-3-7-6-10(15-14-7)13-11(16)8-4-5-9(12)17-8/h4-6H,2-3H2,1H3,(H2,13,14,15,16). The van der Waals surface area contributed by atoms with Crippen molar-refractivity contribution in [3.63, 3.8) is 0 Å². The summed E-state index contributed by atoms with van der Waals surface area (Å²) in [6, 6.07) is 4.83. The zero-order chi connectivity index (χ0) is 12.3. The summed E-state index contributed by atoms with van der Waals surface area (Å²) < 4.78 is 4.99. The summed E-state index contributed by atoms with van der Waals surface area (Å²) in [5.41, 5.74) is 0.986. The van der Waals surface area contributed by atoms with Gasteiger partial charge in [0.15, 0.2) is 16.8 Å². The molecule has 0 aromatic carbocycles. The zero-order valence-electron chi connectivity index (χ0n) is 9.29. The van der Waals surface area contributed by atoms with Crippen LogP contribution in [0, 0.1) is 0 Å². The van der Waals surface area contributed by atoms with Gasteiger partial charge in [-0.15, -0.1) is 0 Å². The normalized spacial score (nSPS) is 10.5. The van der Waals surface area contributed by atoms with Gasteiger partial charge in [0, 0.05) is 11.8 Å². The number of hydrogen-bond acceptors (Lipinski definition) is 3. The fraction of sp³-hybridized carbons (Fsp3) is 0.273. The summed E-state index contributed by atoms with van der Waals surface area (Å²) in [6.07, 6.45) is 1.92. The van der Waals surface area contributed by atoms with Crippen LogP contribution in [-0.4, -0.2) is 16.1 Å². The van der Waals surface area contributed by atoms with E-state index in [1.165, 1.54) is 12.1 Å². The van der Waals surface area contributed by atoms with Crippen LogP contribution in [0.5, 0.6) is 0 Å². The van der Waals surface area contributed by atoms with Gasteiger partial charge in [-0.1, -0.05) is 13.3 Å². The first-order valence-corrected chi connectivity index (χ1v) is 5.68. The highest BCUT2D eigenvalue weighted by molar-refractivity contribution is 6.29. The van der Waals surface area contributed by atoms with Gasteiger partial charge in [-0.25, -0.2) is 0 Å². The first kappa shape index (κ1) is 11.7. The summed E-state index contributed by atoms with van der Waals surface area (Å²) in [5, 5.41) is 9.62. The Balaban J connectivity index is 2.02. The van der Waals surface area contributed by atoms with Gasteiger partial charge in [-0.05, 0) is 30.2 Å². The van der Waals surface area contributed by atoms with E-state index in [1.807, 2.05) is 0 Å². The number of aromatic nitrogens is 2. The van der Waals surface area contributed by atoms with Gasteiger partial charge in [0.25, 0.3) is 5.91 Å². The Labute approximate surface area is 103 Å². The first-order valence-electron chi connectivity index (χ1n) is 5.30. The third-order valence-corrected chi connectivity index (χ3v) is 2.39. The van der Waals surface area contributed by atoms with E-state index in [0.29, 0.717) is 5.82 Å². The molecule has 0 spiro atoms. The van der Waals surface area contributed by atoms with E-state index in [0.717, 1.165) is 18.5 Å². The molecule has 6 heteroatoms. The smallest absolute Gasteiger partial charge is 0.292 e. The Kier molecular flexibility index (Phi) is 3.49. The molecule has 5 nitrogen and oxygen atoms in total. The molecule has 2 aromatic rings. The fourth-order valence-electron chi connectivity index (χ4n) is 1.44. The molecule has 0 unspecified atom stereocenters. The molecule has 0 bridgehead atoms. The van der Waals surface area contributed by atoms with Crippen LogP contribution in [0.2, 0.25) is 5.22 Å². The number of furan rings is 1. The number of carbonyl (C=O) groups excluding carboxylic acids is 1. The van der Waals surface area contributed by atoms with Gasteiger partial charge in [-0.2, -0.15) is 5.10 Å². The van der Waals surface area contributed by atoms with E-state index in [1.54, 1.807) is 6.07 Å². The van der Waals surface area contributed by atoms with Crippen molar-refractivity contribution < 1.29 is 9.21 Å². The molecule has 2 heterocycles. The molecule has 1 amide bonds. The molecule has 0 radical (unpaired) electrons. The second-order valence-corrected chi connectivity index (χ2v) is 3.96. The van der Waals surface area contributed by atoms with Gasteiger partial charge < -0.3 is 9.73 Å². The van der Waals surface area contributed by atoms with Crippen LogP contribution in [0.25, 0.3) is 0 Å². The molecule has 17 heavy (non-hydrogen) atoms. The highest BCUT2D eigenvalue weighted by Crippen LogP contribution is 2.15. The number of aromatic amines is 1. The zero-order valence-corrected chi connectivity index (χ0v) is 10.0. The number of rotatable bonds is 4. The quantitative estimate of drug-likeness (QED) is 0.880. The van der Waals surface area contributed by atoms with E-state index < -0.39 is 0 Å². The Bertz CT molecular complexity index is 518. The Morgan fingerprint density at radius 3 is 3.06 bits per heavy atom. The second-order valence-electron chi connectivity index (χ2n) is 3.59. The molecule has 0 atom stereocenters. The number of anilines is 1.